The lowest BCUT2D eigenvalue weighted by atomic mass is 9.84. The number of rotatable bonds is 6. The number of carbonyl (C=O) groups excluding carboxylic acids is 1. The average molecular weight is 438 g/mol. The van der Waals surface area contributed by atoms with Gasteiger partial charge in [-0.1, -0.05) is 27.2 Å². The van der Waals surface area contributed by atoms with E-state index in [2.05, 4.69) is 36.4 Å². The summed E-state index contributed by atoms with van der Waals surface area (Å²) in [6.07, 6.45) is 6.27. The second kappa shape index (κ2) is 11.9. The van der Waals surface area contributed by atoms with E-state index >= 15 is 0 Å². The summed E-state index contributed by atoms with van der Waals surface area (Å²) in [6.45, 7) is 7.68. The summed E-state index contributed by atoms with van der Waals surface area (Å²) in [7, 11) is 3.52. The van der Waals surface area contributed by atoms with Crippen molar-refractivity contribution in [2.75, 3.05) is 27.2 Å². The van der Waals surface area contributed by atoms with E-state index in [1.54, 1.807) is 19.0 Å². The van der Waals surface area contributed by atoms with Gasteiger partial charge in [-0.15, -0.1) is 24.0 Å². The zero-order valence-electron chi connectivity index (χ0n) is 15.4. The minimum atomic E-state index is 0. The fourth-order valence-electron chi connectivity index (χ4n) is 2.65. The minimum Gasteiger partial charge on any atom is -0.356 e. The van der Waals surface area contributed by atoms with Gasteiger partial charge in [0.05, 0.1) is 0 Å². The van der Waals surface area contributed by atoms with E-state index in [9.17, 15) is 4.79 Å². The van der Waals surface area contributed by atoms with Gasteiger partial charge >= 0.3 is 0 Å². The molecule has 1 fully saturated rings. The van der Waals surface area contributed by atoms with Gasteiger partial charge in [-0.05, 0) is 37.5 Å². The Bertz CT molecular complexity index is 364. The molecule has 0 aromatic rings. The molecule has 0 unspecified atom stereocenters. The van der Waals surface area contributed by atoms with E-state index in [1.807, 2.05) is 0 Å². The molecule has 2 N–H and O–H groups in total. The van der Waals surface area contributed by atoms with Gasteiger partial charge in [0.1, 0.15) is 6.54 Å². The Hall–Kier alpha value is -0.530. The van der Waals surface area contributed by atoms with Crippen molar-refractivity contribution >= 4 is 35.8 Å². The van der Waals surface area contributed by atoms with Gasteiger partial charge in [0.15, 0.2) is 5.96 Å². The normalized spacial score (nSPS) is 21.6. The molecule has 1 amide bonds. The summed E-state index contributed by atoms with van der Waals surface area (Å²) >= 11 is 0. The summed E-state index contributed by atoms with van der Waals surface area (Å²) in [5.74, 6) is 2.24. The van der Waals surface area contributed by atoms with Crippen LogP contribution in [0.5, 0.6) is 0 Å². The molecule has 0 bridgehead atoms. The number of carbonyl (C=O) groups is 1. The number of hydrogen-bond acceptors (Lipinski definition) is 2. The third kappa shape index (κ3) is 9.37. The summed E-state index contributed by atoms with van der Waals surface area (Å²) in [5.41, 5.74) is 0. The highest BCUT2D eigenvalue weighted by Gasteiger charge is 2.20. The second-order valence-corrected chi connectivity index (χ2v) is 7.00. The molecule has 136 valence electrons. The lowest BCUT2D eigenvalue weighted by molar-refractivity contribution is -0.127. The van der Waals surface area contributed by atoms with Crippen molar-refractivity contribution in [3.05, 3.63) is 0 Å². The van der Waals surface area contributed by atoms with Gasteiger partial charge in [0.2, 0.25) is 5.91 Å². The van der Waals surface area contributed by atoms with Crippen molar-refractivity contribution in [2.24, 2.45) is 16.8 Å². The van der Waals surface area contributed by atoms with Crippen LogP contribution in [0.15, 0.2) is 4.99 Å². The van der Waals surface area contributed by atoms with Crippen LogP contribution in [-0.4, -0.2) is 50.0 Å². The van der Waals surface area contributed by atoms with E-state index < -0.39 is 0 Å². The maximum Gasteiger partial charge on any atom is 0.243 e. The lowest BCUT2D eigenvalue weighted by Gasteiger charge is -2.30. The average Bonchev–Trinajstić information content (AvgIpc) is 2.50. The third-order valence-electron chi connectivity index (χ3n) is 4.31. The molecule has 0 spiro atoms. The minimum absolute atomic E-state index is 0. The van der Waals surface area contributed by atoms with Gasteiger partial charge in [0.25, 0.3) is 0 Å². The van der Waals surface area contributed by atoms with Crippen molar-refractivity contribution in [1.82, 2.24) is 15.5 Å². The number of guanidine groups is 1. The van der Waals surface area contributed by atoms with Crippen LogP contribution in [0.2, 0.25) is 0 Å². The number of aliphatic imine (C=N–C) groups is 1. The van der Waals surface area contributed by atoms with Crippen LogP contribution >= 0.6 is 24.0 Å². The molecule has 23 heavy (non-hydrogen) atoms. The van der Waals surface area contributed by atoms with Crippen LogP contribution in [-0.2, 0) is 4.79 Å². The maximum absolute atomic E-state index is 11.7. The Kier molecular flexibility index (Phi) is 11.6. The molecule has 1 aliphatic rings. The number of nitrogens with one attached hydrogen (secondary N) is 2. The van der Waals surface area contributed by atoms with Crippen molar-refractivity contribution < 1.29 is 4.79 Å². The van der Waals surface area contributed by atoms with Crippen molar-refractivity contribution in [1.29, 1.82) is 0 Å². The largest absolute Gasteiger partial charge is 0.356 e. The van der Waals surface area contributed by atoms with Crippen molar-refractivity contribution in [3.63, 3.8) is 0 Å². The first kappa shape index (κ1) is 22.5. The molecule has 5 nitrogen and oxygen atoms in total. The van der Waals surface area contributed by atoms with Gasteiger partial charge in [-0.25, -0.2) is 4.99 Å². The van der Waals surface area contributed by atoms with E-state index in [4.69, 9.17) is 0 Å². The fraction of sp³-hybridized carbons (Fsp3) is 0.882. The highest BCUT2D eigenvalue weighted by Crippen LogP contribution is 2.26. The third-order valence-corrected chi connectivity index (χ3v) is 4.31. The highest BCUT2D eigenvalue weighted by molar-refractivity contribution is 14.0. The molecule has 1 aliphatic carbocycles. The van der Waals surface area contributed by atoms with Gasteiger partial charge in [-0.2, -0.15) is 0 Å². The van der Waals surface area contributed by atoms with Crippen LogP contribution in [0, 0.1) is 11.8 Å². The molecule has 0 atom stereocenters. The summed E-state index contributed by atoms with van der Waals surface area (Å²) in [6, 6.07) is 0.482. The number of halogens is 1. The predicted molar refractivity (Wildman–Crippen MR) is 108 cm³/mol. The standard InChI is InChI=1S/C17H34N4O.HI/c1-6-14-7-9-15(10-8-14)20-17(18-11-13(2)3)19-12-16(22)21(4)5;/h13-15H,6-12H2,1-5H3,(H2,18,19,20);1H. The summed E-state index contributed by atoms with van der Waals surface area (Å²) < 4.78 is 0. The Morgan fingerprint density at radius 3 is 2.30 bits per heavy atom. The van der Waals surface area contributed by atoms with Crippen LogP contribution in [0.25, 0.3) is 0 Å². The first-order chi connectivity index (χ1) is 10.4. The number of likely N-dealkylation sites (N-methyl/N-ethyl adjacent to an activating group) is 1. The van der Waals surface area contributed by atoms with Crippen LogP contribution in [0.1, 0.15) is 52.9 Å². The zero-order valence-corrected chi connectivity index (χ0v) is 17.7. The second-order valence-electron chi connectivity index (χ2n) is 7.00. The Labute approximate surface area is 159 Å². The van der Waals surface area contributed by atoms with Gasteiger partial charge in [-0.3, -0.25) is 4.79 Å². The van der Waals surface area contributed by atoms with Crippen LogP contribution in [0.4, 0.5) is 0 Å². The maximum atomic E-state index is 11.7. The fourth-order valence-corrected chi connectivity index (χ4v) is 2.65. The molecular weight excluding hydrogens is 403 g/mol. The molecule has 0 radical (unpaired) electrons. The number of hydrogen-bond donors (Lipinski definition) is 2. The highest BCUT2D eigenvalue weighted by atomic mass is 127. The van der Waals surface area contributed by atoms with E-state index in [1.165, 1.54) is 32.1 Å². The topological polar surface area (TPSA) is 56.7 Å². The number of nitrogens with zero attached hydrogens (tertiary/aromatic N) is 2. The molecule has 0 aromatic heterocycles. The van der Waals surface area contributed by atoms with E-state index in [0.717, 1.165) is 18.4 Å². The van der Waals surface area contributed by atoms with Crippen LogP contribution in [0.3, 0.4) is 0 Å². The number of amides is 1. The Morgan fingerprint density at radius 2 is 1.83 bits per heavy atom. The van der Waals surface area contributed by atoms with Gasteiger partial charge < -0.3 is 15.5 Å². The quantitative estimate of drug-likeness (QED) is 0.381. The molecular formula is C17H35IN4O. The van der Waals surface area contributed by atoms with Crippen molar-refractivity contribution in [3.8, 4) is 0 Å². The van der Waals surface area contributed by atoms with E-state index in [-0.39, 0.29) is 36.4 Å². The SMILES string of the molecule is CCC1CCC(NC(=NCC(=O)N(C)C)NCC(C)C)CC1.I. The molecule has 1 rings (SSSR count). The van der Waals surface area contributed by atoms with Crippen molar-refractivity contribution in [2.45, 2.75) is 58.9 Å². The summed E-state index contributed by atoms with van der Waals surface area (Å²) in [4.78, 5) is 17.8. The first-order valence-electron chi connectivity index (χ1n) is 8.67. The molecule has 0 heterocycles. The molecule has 6 heteroatoms. The zero-order chi connectivity index (χ0) is 16.5. The smallest absolute Gasteiger partial charge is 0.243 e. The monoisotopic (exact) mass is 438 g/mol. The van der Waals surface area contributed by atoms with Gasteiger partial charge in [0, 0.05) is 26.7 Å². The Balaban J connectivity index is 0.00000484. The predicted octanol–water partition coefficient (Wildman–Crippen LogP) is 2.85. The van der Waals surface area contributed by atoms with Crippen LogP contribution < -0.4 is 10.6 Å². The van der Waals surface area contributed by atoms with E-state index in [0.29, 0.717) is 12.0 Å². The molecule has 0 saturated heterocycles. The molecule has 1 saturated carbocycles. The first-order valence-corrected chi connectivity index (χ1v) is 8.67. The molecule has 0 aromatic carbocycles. The molecule has 0 aliphatic heterocycles. The summed E-state index contributed by atoms with van der Waals surface area (Å²) in [5, 5.41) is 6.87. The lowest BCUT2D eigenvalue weighted by Crippen LogP contribution is -2.46. The Morgan fingerprint density at radius 1 is 1.22 bits per heavy atom.